The average Bonchev–Trinajstić information content (AvgIpc) is 3.14. The third-order valence-corrected chi connectivity index (χ3v) is 5.26. The summed E-state index contributed by atoms with van der Waals surface area (Å²) in [6.45, 7) is 2.01. The summed E-state index contributed by atoms with van der Waals surface area (Å²) >= 11 is 6.06. The van der Waals surface area contributed by atoms with Crippen LogP contribution in [0, 0.1) is 12.7 Å². The third kappa shape index (κ3) is 4.02. The maximum Gasteiger partial charge on any atom is 0.259 e. The molecule has 2 aromatic heterocycles. The largest absolute Gasteiger partial charge is 0.495 e. The van der Waals surface area contributed by atoms with Crippen molar-refractivity contribution < 1.29 is 18.7 Å². The minimum absolute atomic E-state index is 0.233. The second-order valence-electron chi connectivity index (χ2n) is 7.05. The number of amides is 1. The van der Waals surface area contributed by atoms with Gasteiger partial charge in [0, 0.05) is 18.3 Å². The first-order valence-electron chi connectivity index (χ1n) is 9.70. The second-order valence-corrected chi connectivity index (χ2v) is 7.49. The molecule has 0 aliphatic carbocycles. The van der Waals surface area contributed by atoms with Gasteiger partial charge in [0.2, 0.25) is 0 Å². The molecule has 0 aliphatic heterocycles. The molecule has 0 fully saturated rings. The van der Waals surface area contributed by atoms with E-state index in [2.05, 4.69) is 15.4 Å². The lowest BCUT2D eigenvalue weighted by atomic mass is 10.1. The molecule has 2 heterocycles. The number of hydrogen-bond acceptors (Lipinski definition) is 5. The fraction of sp³-hybridized carbons (Fsp3) is 0.174. The van der Waals surface area contributed by atoms with Crippen LogP contribution < -0.4 is 10.1 Å². The molecule has 0 saturated heterocycles. The van der Waals surface area contributed by atoms with Crippen molar-refractivity contribution in [2.24, 2.45) is 0 Å². The van der Waals surface area contributed by atoms with Gasteiger partial charge in [-0.2, -0.15) is 5.10 Å². The Bertz CT molecular complexity index is 1310. The molecular formula is C23H20ClFN4O3. The average molecular weight is 455 g/mol. The van der Waals surface area contributed by atoms with Gasteiger partial charge in [-0.1, -0.05) is 23.7 Å². The first-order valence-corrected chi connectivity index (χ1v) is 10.1. The highest BCUT2D eigenvalue weighted by Crippen LogP contribution is 2.31. The number of ether oxygens (including phenoxy) is 2. The van der Waals surface area contributed by atoms with Crippen LogP contribution in [-0.4, -0.2) is 34.7 Å². The fourth-order valence-corrected chi connectivity index (χ4v) is 3.65. The van der Waals surface area contributed by atoms with Crippen LogP contribution >= 0.6 is 11.6 Å². The smallest absolute Gasteiger partial charge is 0.259 e. The number of anilines is 1. The lowest BCUT2D eigenvalue weighted by Gasteiger charge is -2.12. The van der Waals surface area contributed by atoms with Gasteiger partial charge >= 0.3 is 0 Å². The topological polar surface area (TPSA) is 77.8 Å². The van der Waals surface area contributed by atoms with Crippen molar-refractivity contribution in [3.05, 3.63) is 76.5 Å². The van der Waals surface area contributed by atoms with Gasteiger partial charge in [-0.25, -0.2) is 13.9 Å². The fourth-order valence-electron chi connectivity index (χ4n) is 3.48. The first-order chi connectivity index (χ1) is 15.4. The van der Waals surface area contributed by atoms with Gasteiger partial charge in [-0.15, -0.1) is 0 Å². The lowest BCUT2D eigenvalue weighted by molar-refractivity contribution is 0.102. The van der Waals surface area contributed by atoms with E-state index in [1.165, 1.54) is 25.4 Å². The number of nitrogens with one attached hydrogen (secondary N) is 1. The number of hydrogen-bond donors (Lipinski definition) is 1. The van der Waals surface area contributed by atoms with E-state index in [-0.39, 0.29) is 18.3 Å². The first kappa shape index (κ1) is 21.7. The van der Waals surface area contributed by atoms with Crippen LogP contribution in [0.25, 0.3) is 16.8 Å². The van der Waals surface area contributed by atoms with Gasteiger partial charge in [-0.05, 0) is 42.8 Å². The van der Waals surface area contributed by atoms with E-state index < -0.39 is 0 Å². The van der Waals surface area contributed by atoms with Gasteiger partial charge in [0.15, 0.2) is 5.65 Å². The van der Waals surface area contributed by atoms with Gasteiger partial charge in [0.25, 0.3) is 5.91 Å². The highest BCUT2D eigenvalue weighted by atomic mass is 35.5. The molecule has 32 heavy (non-hydrogen) atoms. The zero-order chi connectivity index (χ0) is 22.8. The molecule has 7 nitrogen and oxygen atoms in total. The van der Waals surface area contributed by atoms with Crippen molar-refractivity contribution in [2.75, 3.05) is 19.5 Å². The number of rotatable bonds is 6. The molecule has 2 aromatic carbocycles. The van der Waals surface area contributed by atoms with Crippen LogP contribution in [0.1, 0.15) is 21.7 Å². The summed E-state index contributed by atoms with van der Waals surface area (Å²) in [4.78, 5) is 17.5. The molecule has 0 bridgehead atoms. The molecular weight excluding hydrogens is 435 g/mol. The van der Waals surface area contributed by atoms with Crippen molar-refractivity contribution in [1.29, 1.82) is 0 Å². The van der Waals surface area contributed by atoms with Crippen molar-refractivity contribution in [2.45, 2.75) is 13.5 Å². The molecule has 0 aliphatic rings. The van der Waals surface area contributed by atoms with E-state index >= 15 is 0 Å². The molecule has 164 valence electrons. The quantitative estimate of drug-likeness (QED) is 0.448. The maximum atomic E-state index is 13.4. The molecule has 1 amide bonds. The number of carbonyl (C=O) groups is 1. The van der Waals surface area contributed by atoms with E-state index in [9.17, 15) is 9.18 Å². The Morgan fingerprint density at radius 2 is 1.94 bits per heavy atom. The third-order valence-electron chi connectivity index (χ3n) is 5.03. The predicted molar refractivity (Wildman–Crippen MR) is 120 cm³/mol. The number of fused-ring (bicyclic) bond motifs is 1. The van der Waals surface area contributed by atoms with E-state index in [0.717, 1.165) is 11.1 Å². The van der Waals surface area contributed by atoms with Crippen molar-refractivity contribution >= 4 is 28.8 Å². The summed E-state index contributed by atoms with van der Waals surface area (Å²) in [5.74, 6) is -0.239. The summed E-state index contributed by atoms with van der Waals surface area (Å²) in [6.07, 6.45) is 1.49. The normalized spacial score (nSPS) is 11.0. The standard InChI is InChI=1S/C23H20ClFN4O3/c1-13-17(23(30)27-18-10-15(24)6-9-20(18)32-3)11-26-22-21(14-4-7-16(25)8-5-14)19(12-31-2)28-29(13)22/h4-11H,12H2,1-3H3,(H,27,30). The van der Waals surface area contributed by atoms with Crippen LogP contribution in [0.5, 0.6) is 5.75 Å². The second kappa shape index (κ2) is 8.94. The molecule has 0 atom stereocenters. The van der Waals surface area contributed by atoms with Gasteiger partial charge < -0.3 is 14.8 Å². The summed E-state index contributed by atoms with van der Waals surface area (Å²) in [6, 6.07) is 11.0. The lowest BCUT2D eigenvalue weighted by Crippen LogP contribution is -2.16. The Morgan fingerprint density at radius 1 is 1.19 bits per heavy atom. The minimum atomic E-state index is -0.385. The summed E-state index contributed by atoms with van der Waals surface area (Å²) < 4.78 is 25.6. The van der Waals surface area contributed by atoms with Gasteiger partial charge in [0.1, 0.15) is 11.6 Å². The highest BCUT2D eigenvalue weighted by Gasteiger charge is 2.21. The Labute approximate surface area is 188 Å². The monoisotopic (exact) mass is 454 g/mol. The van der Waals surface area contributed by atoms with Crippen LogP contribution in [0.15, 0.2) is 48.7 Å². The number of benzene rings is 2. The zero-order valence-electron chi connectivity index (χ0n) is 17.6. The maximum absolute atomic E-state index is 13.4. The molecule has 0 spiro atoms. The molecule has 0 radical (unpaired) electrons. The summed E-state index contributed by atoms with van der Waals surface area (Å²) in [5, 5.41) is 7.89. The van der Waals surface area contributed by atoms with Crippen LogP contribution in [0.4, 0.5) is 10.1 Å². The molecule has 4 aromatic rings. The van der Waals surface area contributed by atoms with Crippen molar-refractivity contribution in [1.82, 2.24) is 14.6 Å². The molecule has 1 N–H and O–H groups in total. The van der Waals surface area contributed by atoms with E-state index in [4.69, 9.17) is 21.1 Å². The summed E-state index contributed by atoms with van der Waals surface area (Å²) in [5.41, 5.74) is 3.99. The Kier molecular flexibility index (Phi) is 6.07. The number of carbonyl (C=O) groups excluding carboxylic acids is 1. The molecule has 0 unspecified atom stereocenters. The molecule has 9 heteroatoms. The van der Waals surface area contributed by atoms with Crippen LogP contribution in [0.2, 0.25) is 5.02 Å². The van der Waals surface area contributed by atoms with E-state index in [0.29, 0.717) is 39.1 Å². The Hall–Kier alpha value is -3.49. The van der Waals surface area contributed by atoms with E-state index in [1.807, 2.05) is 0 Å². The highest BCUT2D eigenvalue weighted by molar-refractivity contribution is 6.31. The molecule has 0 saturated carbocycles. The number of aromatic nitrogens is 3. The van der Waals surface area contributed by atoms with Crippen LogP contribution in [-0.2, 0) is 11.3 Å². The molecule has 4 rings (SSSR count). The zero-order valence-corrected chi connectivity index (χ0v) is 18.4. The van der Waals surface area contributed by atoms with Crippen molar-refractivity contribution in [3.63, 3.8) is 0 Å². The van der Waals surface area contributed by atoms with E-state index in [1.54, 1.807) is 48.9 Å². The predicted octanol–water partition coefficient (Wildman–Crippen LogP) is 4.90. The number of halogens is 2. The summed E-state index contributed by atoms with van der Waals surface area (Å²) in [7, 11) is 3.08. The Morgan fingerprint density at radius 3 is 2.62 bits per heavy atom. The number of aryl methyl sites for hydroxylation is 1. The SMILES string of the molecule is COCc1nn2c(C)c(C(=O)Nc3cc(Cl)ccc3OC)cnc2c1-c1ccc(F)cc1. The van der Waals surface area contributed by atoms with Crippen molar-refractivity contribution in [3.8, 4) is 16.9 Å². The Balaban J connectivity index is 1.78. The van der Waals surface area contributed by atoms with Gasteiger partial charge in [-0.3, -0.25) is 4.79 Å². The van der Waals surface area contributed by atoms with Gasteiger partial charge in [0.05, 0.1) is 41.9 Å². The number of methoxy groups -OCH3 is 2. The van der Waals surface area contributed by atoms with Crippen LogP contribution in [0.3, 0.4) is 0 Å². The number of nitrogens with zero attached hydrogens (tertiary/aromatic N) is 3. The minimum Gasteiger partial charge on any atom is -0.495 e.